The van der Waals surface area contributed by atoms with Crippen molar-refractivity contribution in [1.82, 2.24) is 4.57 Å². The number of nitriles is 1. The van der Waals surface area contributed by atoms with Crippen LogP contribution in [0.5, 0.6) is 5.75 Å². The number of benzene rings is 1. The van der Waals surface area contributed by atoms with Gasteiger partial charge in [-0.3, -0.25) is 0 Å². The monoisotopic (exact) mass is 385 g/mol. The molecule has 6 nitrogen and oxygen atoms in total. The Labute approximate surface area is 159 Å². The summed E-state index contributed by atoms with van der Waals surface area (Å²) in [4.78, 5) is 13.3. The summed E-state index contributed by atoms with van der Waals surface area (Å²) >= 11 is 1.62. The molecule has 0 aliphatic heterocycles. The quantitative estimate of drug-likeness (QED) is 0.656. The highest BCUT2D eigenvalue weighted by Gasteiger charge is 2.23. The number of methoxy groups -OCH3 is 1. The van der Waals surface area contributed by atoms with Crippen molar-refractivity contribution >= 4 is 23.0 Å². The van der Waals surface area contributed by atoms with Crippen LogP contribution in [0.25, 0.3) is 5.69 Å². The van der Waals surface area contributed by atoms with Crippen LogP contribution in [0, 0.1) is 17.1 Å². The first-order valence-electron chi connectivity index (χ1n) is 7.99. The molecule has 0 unspecified atom stereocenters. The van der Waals surface area contributed by atoms with E-state index in [2.05, 4.69) is 0 Å². The molecule has 0 spiro atoms. The van der Waals surface area contributed by atoms with Crippen molar-refractivity contribution in [3.8, 4) is 17.5 Å². The van der Waals surface area contributed by atoms with E-state index < -0.39 is 11.8 Å². The fourth-order valence-electron chi connectivity index (χ4n) is 2.62. The Balaban J connectivity index is 2.00. The minimum absolute atomic E-state index is 0.0295. The first-order chi connectivity index (χ1) is 13.0. The van der Waals surface area contributed by atoms with E-state index in [1.807, 2.05) is 23.6 Å². The van der Waals surface area contributed by atoms with Gasteiger partial charge in [0.05, 0.1) is 30.7 Å². The second-order valence-electron chi connectivity index (χ2n) is 5.57. The van der Waals surface area contributed by atoms with Crippen molar-refractivity contribution in [2.24, 2.45) is 0 Å². The second kappa shape index (κ2) is 7.93. The zero-order valence-electron chi connectivity index (χ0n) is 14.4. The highest BCUT2D eigenvalue weighted by Crippen LogP contribution is 2.31. The molecule has 0 aliphatic carbocycles. The number of nitrogens with two attached hydrogens (primary N) is 1. The summed E-state index contributed by atoms with van der Waals surface area (Å²) in [6.45, 7) is 0.370. The molecule has 3 aromatic rings. The molecule has 0 radical (unpaired) electrons. The molecule has 8 heteroatoms. The average molecular weight is 385 g/mol. The molecule has 138 valence electrons. The molecule has 0 bridgehead atoms. The van der Waals surface area contributed by atoms with Crippen LogP contribution in [0.4, 0.5) is 10.1 Å². The van der Waals surface area contributed by atoms with E-state index in [9.17, 15) is 14.4 Å². The van der Waals surface area contributed by atoms with E-state index in [1.54, 1.807) is 11.3 Å². The Morgan fingerprint density at radius 2 is 2.22 bits per heavy atom. The molecule has 0 aliphatic rings. The van der Waals surface area contributed by atoms with Gasteiger partial charge in [-0.1, -0.05) is 6.07 Å². The minimum Gasteiger partial charge on any atom is -0.491 e. The first-order valence-corrected chi connectivity index (χ1v) is 8.87. The Hall–Kier alpha value is -3.31. The van der Waals surface area contributed by atoms with Crippen LogP contribution in [0.2, 0.25) is 0 Å². The molecule has 0 fully saturated rings. The number of aromatic nitrogens is 1. The Morgan fingerprint density at radius 1 is 1.41 bits per heavy atom. The van der Waals surface area contributed by atoms with E-state index in [1.165, 1.54) is 36.1 Å². The Morgan fingerprint density at radius 3 is 2.89 bits per heavy atom. The van der Waals surface area contributed by atoms with Gasteiger partial charge in [-0.15, -0.1) is 11.3 Å². The number of anilines is 1. The lowest BCUT2D eigenvalue weighted by Gasteiger charge is -2.14. The van der Waals surface area contributed by atoms with Crippen LogP contribution in [0.15, 0.2) is 41.9 Å². The molecule has 0 saturated heterocycles. The molecule has 0 saturated carbocycles. The van der Waals surface area contributed by atoms with Gasteiger partial charge in [0.15, 0.2) is 5.69 Å². The van der Waals surface area contributed by atoms with Crippen LogP contribution in [-0.4, -0.2) is 24.3 Å². The molecule has 27 heavy (non-hydrogen) atoms. The Kier molecular flexibility index (Phi) is 5.43. The number of hydrogen-bond donors (Lipinski definition) is 1. The molecule has 1 aromatic carbocycles. The number of carbonyl (C=O) groups excluding carboxylic acids is 1. The van der Waals surface area contributed by atoms with Crippen LogP contribution in [0.1, 0.15) is 20.9 Å². The van der Waals surface area contributed by atoms with Crippen LogP contribution < -0.4 is 10.5 Å². The highest BCUT2D eigenvalue weighted by molar-refractivity contribution is 7.09. The number of esters is 1. The van der Waals surface area contributed by atoms with Crippen LogP contribution >= 0.6 is 11.3 Å². The van der Waals surface area contributed by atoms with Gasteiger partial charge in [0.25, 0.3) is 0 Å². The predicted octanol–water partition coefficient (Wildman–Crippen LogP) is 3.54. The van der Waals surface area contributed by atoms with Crippen molar-refractivity contribution in [2.45, 2.75) is 6.42 Å². The summed E-state index contributed by atoms with van der Waals surface area (Å²) in [5.41, 5.74) is 6.17. The van der Waals surface area contributed by atoms with Gasteiger partial charge in [0.1, 0.15) is 17.6 Å². The fourth-order valence-corrected chi connectivity index (χ4v) is 3.31. The third-order valence-corrected chi connectivity index (χ3v) is 4.85. The summed E-state index contributed by atoms with van der Waals surface area (Å²) < 4.78 is 25.8. The minimum atomic E-state index is -0.734. The summed E-state index contributed by atoms with van der Waals surface area (Å²) in [6.07, 6.45) is 2.05. The summed E-state index contributed by atoms with van der Waals surface area (Å²) in [6, 6.07) is 9.82. The molecular formula is C19H16FN3O3S. The third-order valence-electron chi connectivity index (χ3n) is 3.91. The van der Waals surface area contributed by atoms with Crippen molar-refractivity contribution < 1.29 is 18.7 Å². The SMILES string of the molecule is COC(=O)c1c(N)c(C#N)cn1-c1cc(F)ccc1OCCc1cccs1. The van der Waals surface area contributed by atoms with Gasteiger partial charge in [-0.25, -0.2) is 9.18 Å². The molecule has 0 amide bonds. The van der Waals surface area contributed by atoms with Crippen molar-refractivity contribution in [1.29, 1.82) is 5.26 Å². The van der Waals surface area contributed by atoms with Gasteiger partial charge in [0, 0.05) is 23.6 Å². The third kappa shape index (κ3) is 3.78. The number of carbonyl (C=O) groups is 1. The topological polar surface area (TPSA) is 90.3 Å². The number of nitrogens with zero attached hydrogens (tertiary/aromatic N) is 2. The van der Waals surface area contributed by atoms with Crippen LogP contribution in [-0.2, 0) is 11.2 Å². The van der Waals surface area contributed by atoms with Gasteiger partial charge >= 0.3 is 5.97 Å². The molecule has 3 rings (SSSR count). The normalized spacial score (nSPS) is 10.4. The lowest BCUT2D eigenvalue weighted by molar-refractivity contribution is 0.0593. The van der Waals surface area contributed by atoms with Crippen molar-refractivity contribution in [3.63, 3.8) is 0 Å². The van der Waals surface area contributed by atoms with E-state index >= 15 is 0 Å². The Bertz CT molecular complexity index is 1010. The number of nitrogen functional groups attached to an aromatic ring is 1. The maximum atomic E-state index is 13.9. The maximum Gasteiger partial charge on any atom is 0.357 e. The molecule has 0 atom stereocenters. The predicted molar refractivity (Wildman–Crippen MR) is 99.7 cm³/mol. The van der Waals surface area contributed by atoms with Crippen LogP contribution in [0.3, 0.4) is 0 Å². The fraction of sp³-hybridized carbons (Fsp3) is 0.158. The molecule has 2 N–H and O–H groups in total. The molecule has 2 heterocycles. The van der Waals surface area contributed by atoms with Gasteiger partial charge < -0.3 is 19.8 Å². The van der Waals surface area contributed by atoms with Crippen molar-refractivity contribution in [3.05, 3.63) is 63.9 Å². The summed E-state index contributed by atoms with van der Waals surface area (Å²) in [7, 11) is 1.20. The standard InChI is InChI=1S/C19H16FN3O3S/c1-25-19(24)18-17(22)12(10-21)11-23(18)15-9-13(20)4-5-16(15)26-7-6-14-3-2-8-27-14/h2-5,8-9,11H,6-7,22H2,1H3. The number of halogens is 1. The van der Waals surface area contributed by atoms with Crippen molar-refractivity contribution in [2.75, 3.05) is 19.5 Å². The van der Waals surface area contributed by atoms with E-state index in [-0.39, 0.29) is 22.6 Å². The highest BCUT2D eigenvalue weighted by atomic mass is 32.1. The number of thiophene rings is 1. The average Bonchev–Trinajstić information content (AvgIpc) is 3.29. The lowest BCUT2D eigenvalue weighted by atomic mass is 10.2. The second-order valence-corrected chi connectivity index (χ2v) is 6.60. The smallest absolute Gasteiger partial charge is 0.357 e. The van der Waals surface area contributed by atoms with E-state index in [4.69, 9.17) is 15.2 Å². The lowest BCUT2D eigenvalue weighted by Crippen LogP contribution is -2.12. The number of hydrogen-bond acceptors (Lipinski definition) is 6. The molecular weight excluding hydrogens is 369 g/mol. The van der Waals surface area contributed by atoms with Gasteiger partial charge in [-0.05, 0) is 23.6 Å². The summed E-state index contributed by atoms with van der Waals surface area (Å²) in [5.74, 6) is -0.891. The maximum absolute atomic E-state index is 13.9. The summed E-state index contributed by atoms with van der Waals surface area (Å²) in [5, 5.41) is 11.2. The van der Waals surface area contributed by atoms with E-state index in [0.29, 0.717) is 18.8 Å². The number of ether oxygens (including phenoxy) is 2. The number of rotatable bonds is 6. The zero-order chi connectivity index (χ0) is 19.4. The largest absolute Gasteiger partial charge is 0.491 e. The van der Waals surface area contributed by atoms with E-state index in [0.717, 1.165) is 4.88 Å². The van der Waals surface area contributed by atoms with Gasteiger partial charge in [-0.2, -0.15) is 5.26 Å². The molecule has 2 aromatic heterocycles. The zero-order valence-corrected chi connectivity index (χ0v) is 15.3. The van der Waals surface area contributed by atoms with Gasteiger partial charge in [0.2, 0.25) is 0 Å². The first kappa shape index (κ1) is 18.5.